The third-order valence-corrected chi connectivity index (χ3v) is 4.81. The summed E-state index contributed by atoms with van der Waals surface area (Å²) in [6.07, 6.45) is 2.21. The predicted octanol–water partition coefficient (Wildman–Crippen LogP) is 3.11. The summed E-state index contributed by atoms with van der Waals surface area (Å²) in [5.74, 6) is 0.702. The summed E-state index contributed by atoms with van der Waals surface area (Å²) >= 11 is 0. The molecule has 2 aromatic heterocycles. The van der Waals surface area contributed by atoms with E-state index in [0.29, 0.717) is 23.1 Å². The molecule has 4 rings (SSSR count). The lowest BCUT2D eigenvalue weighted by molar-refractivity contribution is -0.386. The summed E-state index contributed by atoms with van der Waals surface area (Å²) in [6.45, 7) is 3.04. The van der Waals surface area contributed by atoms with E-state index in [1.54, 1.807) is 18.5 Å². The maximum atomic E-state index is 12.6. The van der Waals surface area contributed by atoms with E-state index in [-0.39, 0.29) is 18.1 Å². The van der Waals surface area contributed by atoms with E-state index in [0.717, 1.165) is 24.2 Å². The zero-order chi connectivity index (χ0) is 19.8. The van der Waals surface area contributed by atoms with Crippen LogP contribution in [0.4, 0.5) is 11.5 Å². The molecule has 9 nitrogen and oxygen atoms in total. The molecule has 0 atom stereocenters. The van der Waals surface area contributed by atoms with Crippen LogP contribution < -0.4 is 5.32 Å². The van der Waals surface area contributed by atoms with Gasteiger partial charge in [-0.05, 0) is 38.8 Å². The van der Waals surface area contributed by atoms with Gasteiger partial charge in [0.05, 0.1) is 16.3 Å². The third-order valence-electron chi connectivity index (χ3n) is 4.81. The number of aromatic nitrogens is 4. The van der Waals surface area contributed by atoms with Crippen LogP contribution >= 0.6 is 0 Å². The van der Waals surface area contributed by atoms with E-state index in [1.807, 2.05) is 36.4 Å². The van der Waals surface area contributed by atoms with Gasteiger partial charge < -0.3 is 5.32 Å². The minimum absolute atomic E-state index is 0.0573. The minimum atomic E-state index is -0.474. The lowest BCUT2D eigenvalue weighted by atomic mass is 10.3. The van der Waals surface area contributed by atoms with Crippen molar-refractivity contribution in [3.05, 3.63) is 63.6 Å². The molecule has 0 aliphatic heterocycles. The molecule has 1 amide bonds. The lowest BCUT2D eigenvalue weighted by Gasteiger charge is -2.09. The zero-order valence-corrected chi connectivity index (χ0v) is 15.6. The Morgan fingerprint density at radius 1 is 1.25 bits per heavy atom. The number of anilines is 1. The molecular formula is C19H20N6O3. The number of aryl methyl sites for hydroxylation is 1. The maximum absolute atomic E-state index is 12.6. The number of nitrogens with one attached hydrogen (secondary N) is 1. The van der Waals surface area contributed by atoms with Crippen molar-refractivity contribution in [3.8, 4) is 5.69 Å². The second kappa shape index (κ2) is 6.91. The molecular weight excluding hydrogens is 360 g/mol. The summed E-state index contributed by atoms with van der Waals surface area (Å²) in [5, 5.41) is 22.8. The van der Waals surface area contributed by atoms with Gasteiger partial charge in [0.2, 0.25) is 5.91 Å². The average molecular weight is 380 g/mol. The van der Waals surface area contributed by atoms with Crippen molar-refractivity contribution < 1.29 is 9.72 Å². The molecule has 0 bridgehead atoms. The van der Waals surface area contributed by atoms with Gasteiger partial charge in [-0.25, -0.2) is 4.68 Å². The Kier molecular flexibility index (Phi) is 4.42. The number of benzene rings is 1. The van der Waals surface area contributed by atoms with Gasteiger partial charge in [0, 0.05) is 12.0 Å². The van der Waals surface area contributed by atoms with Gasteiger partial charge in [0.1, 0.15) is 23.8 Å². The van der Waals surface area contributed by atoms with Gasteiger partial charge >= 0.3 is 5.69 Å². The SMILES string of the molecule is Cc1nn(CC(=O)Nc2cc(C3CC3)nn2-c2ccccc2)c(C)c1[N+](=O)[O-]. The number of carbonyl (C=O) groups is 1. The van der Waals surface area contributed by atoms with Gasteiger partial charge in [-0.3, -0.25) is 19.6 Å². The number of nitro groups is 1. The molecule has 1 aliphatic carbocycles. The molecule has 0 unspecified atom stereocenters. The molecule has 1 N–H and O–H groups in total. The highest BCUT2D eigenvalue weighted by Crippen LogP contribution is 2.40. The van der Waals surface area contributed by atoms with Gasteiger partial charge in [-0.2, -0.15) is 10.2 Å². The average Bonchev–Trinajstić information content (AvgIpc) is 3.36. The van der Waals surface area contributed by atoms with Crippen LogP contribution in [0.5, 0.6) is 0 Å². The molecule has 3 aromatic rings. The van der Waals surface area contributed by atoms with Crippen molar-refractivity contribution >= 4 is 17.4 Å². The van der Waals surface area contributed by atoms with Crippen molar-refractivity contribution in [2.45, 2.75) is 39.2 Å². The highest BCUT2D eigenvalue weighted by atomic mass is 16.6. The van der Waals surface area contributed by atoms with Crippen LogP contribution in [0.3, 0.4) is 0 Å². The Hall–Kier alpha value is -3.49. The molecule has 1 fully saturated rings. The molecule has 1 saturated carbocycles. The summed E-state index contributed by atoms with van der Waals surface area (Å²) in [4.78, 5) is 23.3. The summed E-state index contributed by atoms with van der Waals surface area (Å²) in [5.41, 5.74) is 2.40. The summed E-state index contributed by atoms with van der Waals surface area (Å²) in [6, 6.07) is 11.5. The van der Waals surface area contributed by atoms with Gasteiger partial charge in [-0.1, -0.05) is 18.2 Å². The monoisotopic (exact) mass is 380 g/mol. The van der Waals surface area contributed by atoms with Gasteiger partial charge in [-0.15, -0.1) is 0 Å². The zero-order valence-electron chi connectivity index (χ0n) is 15.6. The molecule has 0 radical (unpaired) electrons. The number of hydrogen-bond acceptors (Lipinski definition) is 5. The van der Waals surface area contributed by atoms with Crippen molar-refractivity contribution in [2.24, 2.45) is 0 Å². The molecule has 9 heteroatoms. The first-order valence-corrected chi connectivity index (χ1v) is 9.07. The smallest absolute Gasteiger partial charge is 0.309 e. The van der Waals surface area contributed by atoms with E-state index in [1.165, 1.54) is 4.68 Å². The number of carbonyl (C=O) groups excluding carboxylic acids is 1. The van der Waals surface area contributed by atoms with Crippen LogP contribution in [0.25, 0.3) is 5.69 Å². The molecule has 2 heterocycles. The van der Waals surface area contributed by atoms with Crippen molar-refractivity contribution in [2.75, 3.05) is 5.32 Å². The second-order valence-electron chi connectivity index (χ2n) is 6.96. The number of nitrogens with zero attached hydrogens (tertiary/aromatic N) is 5. The van der Waals surface area contributed by atoms with E-state index in [9.17, 15) is 14.9 Å². The maximum Gasteiger partial charge on any atom is 0.312 e. The predicted molar refractivity (Wildman–Crippen MR) is 103 cm³/mol. The van der Waals surface area contributed by atoms with Crippen LogP contribution in [-0.4, -0.2) is 30.4 Å². The Balaban J connectivity index is 1.58. The van der Waals surface area contributed by atoms with Crippen LogP contribution in [0.1, 0.15) is 35.8 Å². The van der Waals surface area contributed by atoms with Crippen LogP contribution in [0.15, 0.2) is 36.4 Å². The standard InChI is InChI=1S/C19H20N6O3/c1-12-19(25(27)28)13(2)23(21-12)11-18(26)20-17-10-16(14-8-9-14)22-24(17)15-6-4-3-5-7-15/h3-7,10,14H,8-9,11H2,1-2H3,(H,20,26). The Morgan fingerprint density at radius 3 is 2.57 bits per heavy atom. The Morgan fingerprint density at radius 2 is 1.96 bits per heavy atom. The normalized spacial score (nSPS) is 13.5. The van der Waals surface area contributed by atoms with Gasteiger partial charge in [0.15, 0.2) is 0 Å². The molecule has 0 spiro atoms. The van der Waals surface area contributed by atoms with Crippen molar-refractivity contribution in [1.82, 2.24) is 19.6 Å². The molecule has 1 aromatic carbocycles. The third kappa shape index (κ3) is 3.38. The minimum Gasteiger partial charge on any atom is -0.309 e. The van der Waals surface area contributed by atoms with Crippen molar-refractivity contribution in [1.29, 1.82) is 0 Å². The first-order chi connectivity index (χ1) is 13.4. The fourth-order valence-corrected chi connectivity index (χ4v) is 3.26. The first-order valence-electron chi connectivity index (χ1n) is 9.07. The van der Waals surface area contributed by atoms with E-state index in [4.69, 9.17) is 0 Å². The number of hydrogen-bond donors (Lipinski definition) is 1. The first kappa shape index (κ1) is 17.9. The fourth-order valence-electron chi connectivity index (χ4n) is 3.26. The molecule has 1 aliphatic rings. The molecule has 144 valence electrons. The number of rotatable bonds is 6. The topological polar surface area (TPSA) is 108 Å². The largest absolute Gasteiger partial charge is 0.312 e. The number of amides is 1. The summed E-state index contributed by atoms with van der Waals surface area (Å²) in [7, 11) is 0. The lowest BCUT2D eigenvalue weighted by Crippen LogP contribution is -2.22. The fraction of sp³-hybridized carbons (Fsp3) is 0.316. The Labute approximate surface area is 161 Å². The van der Waals surface area contributed by atoms with E-state index < -0.39 is 4.92 Å². The summed E-state index contributed by atoms with van der Waals surface area (Å²) < 4.78 is 3.07. The highest BCUT2D eigenvalue weighted by molar-refractivity contribution is 5.90. The Bertz CT molecular complexity index is 1050. The number of para-hydroxylation sites is 1. The van der Waals surface area contributed by atoms with Gasteiger partial charge in [0.25, 0.3) is 0 Å². The van der Waals surface area contributed by atoms with E-state index >= 15 is 0 Å². The second-order valence-corrected chi connectivity index (χ2v) is 6.96. The molecule has 0 saturated heterocycles. The van der Waals surface area contributed by atoms with Crippen molar-refractivity contribution in [3.63, 3.8) is 0 Å². The quantitative estimate of drug-likeness (QED) is 0.522. The highest BCUT2D eigenvalue weighted by Gasteiger charge is 2.28. The van der Waals surface area contributed by atoms with Crippen LogP contribution in [-0.2, 0) is 11.3 Å². The van der Waals surface area contributed by atoms with Crippen LogP contribution in [0.2, 0.25) is 0 Å². The van der Waals surface area contributed by atoms with E-state index in [2.05, 4.69) is 15.5 Å². The van der Waals surface area contributed by atoms with Crippen LogP contribution in [0, 0.1) is 24.0 Å². The molecule has 28 heavy (non-hydrogen) atoms.